The average molecular weight is 588 g/mol. The van der Waals surface area contributed by atoms with E-state index in [1.807, 2.05) is 79.7 Å². The summed E-state index contributed by atoms with van der Waals surface area (Å²) in [4.78, 5) is 33.0. The summed E-state index contributed by atoms with van der Waals surface area (Å²) in [5.41, 5.74) is 5.95. The Morgan fingerprint density at radius 3 is 2.31 bits per heavy atom. The van der Waals surface area contributed by atoms with E-state index in [1.54, 1.807) is 4.57 Å². The molecular formula is C33H32KN4O4. The Hall–Kier alpha value is -3.08. The second-order valence-corrected chi connectivity index (χ2v) is 10.5. The summed E-state index contributed by atoms with van der Waals surface area (Å²) in [5.74, 6) is 1.29. The number of aromatic amines is 1. The fraction of sp³-hybridized carbons (Fsp3) is 0.273. The molecule has 2 heterocycles. The van der Waals surface area contributed by atoms with Crippen LogP contribution in [0.4, 0.5) is 0 Å². The monoisotopic (exact) mass is 587 g/mol. The van der Waals surface area contributed by atoms with Crippen molar-refractivity contribution in [1.29, 1.82) is 0 Å². The Labute approximate surface area is 286 Å². The molecular weight excluding hydrogens is 555 g/mol. The minimum Gasteiger partial charge on any atom is -0.490 e. The van der Waals surface area contributed by atoms with Crippen LogP contribution in [-0.4, -0.2) is 77.2 Å². The predicted octanol–water partition coefficient (Wildman–Crippen LogP) is 5.65. The van der Waals surface area contributed by atoms with Crippen LogP contribution in [0.15, 0.2) is 86.9 Å². The van der Waals surface area contributed by atoms with Gasteiger partial charge in [-0.15, -0.1) is 0 Å². The van der Waals surface area contributed by atoms with Crippen molar-refractivity contribution in [3.63, 3.8) is 0 Å². The van der Waals surface area contributed by atoms with Crippen LogP contribution in [0.2, 0.25) is 0 Å². The predicted molar refractivity (Wildman–Crippen MR) is 163 cm³/mol. The van der Waals surface area contributed by atoms with Gasteiger partial charge in [0.2, 0.25) is 0 Å². The summed E-state index contributed by atoms with van der Waals surface area (Å²) in [5, 5.41) is 3.85. The molecule has 9 heteroatoms. The minimum absolute atomic E-state index is 0. The largest absolute Gasteiger partial charge is 0.490 e. The van der Waals surface area contributed by atoms with Gasteiger partial charge < -0.3 is 4.74 Å². The van der Waals surface area contributed by atoms with Crippen molar-refractivity contribution in [2.75, 3.05) is 0 Å². The normalized spacial score (nSPS) is 12.9. The van der Waals surface area contributed by atoms with E-state index in [0.717, 1.165) is 65.1 Å². The third-order valence-electron chi connectivity index (χ3n) is 7.63. The number of hydrogen-bond donors (Lipinski definition) is 1. The standard InChI is InChI=1S/C33H32N4O4.K/c1-3-7-30-29(32(38)37(21(2)34-30)24-16-18-26(19-17-24)40-25-8-6-9-25)20-22-12-14-23(15-13-22)27-10-4-5-11-28(27)31-35-33(39)41-36-31;/h4-5,10-19,25H,3,6-9,20H2,1-2H3,(H,35,36,39);. The number of rotatable bonds is 9. The maximum Gasteiger partial charge on any atom is 0.439 e. The maximum atomic E-state index is 13.9. The summed E-state index contributed by atoms with van der Waals surface area (Å²) < 4.78 is 12.4. The van der Waals surface area contributed by atoms with E-state index in [0.29, 0.717) is 29.7 Å². The van der Waals surface area contributed by atoms with Crippen LogP contribution >= 0.6 is 0 Å². The topological polar surface area (TPSA) is 103 Å². The minimum atomic E-state index is -0.594. The van der Waals surface area contributed by atoms with E-state index in [4.69, 9.17) is 14.2 Å². The molecule has 1 fully saturated rings. The number of aryl methyl sites for hydroxylation is 2. The molecule has 1 aliphatic carbocycles. The van der Waals surface area contributed by atoms with Gasteiger partial charge in [0.05, 0.1) is 17.5 Å². The fourth-order valence-electron chi connectivity index (χ4n) is 5.29. The number of nitrogens with one attached hydrogen (secondary N) is 1. The summed E-state index contributed by atoms with van der Waals surface area (Å²) in [6.45, 7) is 3.99. The van der Waals surface area contributed by atoms with Crippen molar-refractivity contribution < 1.29 is 9.26 Å². The fourth-order valence-corrected chi connectivity index (χ4v) is 5.29. The first-order valence-electron chi connectivity index (χ1n) is 14.1. The average Bonchev–Trinajstić information content (AvgIpc) is 3.40. The summed E-state index contributed by atoms with van der Waals surface area (Å²) >= 11 is 0. The quantitative estimate of drug-likeness (QED) is 0.224. The number of nitrogens with zero attached hydrogens (tertiary/aromatic N) is 3. The molecule has 0 spiro atoms. The second kappa shape index (κ2) is 13.5. The van der Waals surface area contributed by atoms with Crippen LogP contribution in [0, 0.1) is 6.92 Å². The molecule has 0 bridgehead atoms. The van der Waals surface area contributed by atoms with Crippen LogP contribution < -0.4 is 16.1 Å². The van der Waals surface area contributed by atoms with Crippen LogP contribution in [0.25, 0.3) is 28.2 Å². The Morgan fingerprint density at radius 2 is 1.69 bits per heavy atom. The van der Waals surface area contributed by atoms with E-state index in [9.17, 15) is 9.59 Å². The van der Waals surface area contributed by atoms with Crippen molar-refractivity contribution in [3.8, 4) is 34.0 Å². The SMILES string of the molecule is CCCc1nc(C)n(-c2ccc(OC3CCC3)cc2)c(=O)c1Cc1ccc(-c2ccccc2-c2noc(=O)[nH]2)cc1.[K]. The van der Waals surface area contributed by atoms with Crippen LogP contribution in [0.5, 0.6) is 5.75 Å². The second-order valence-electron chi connectivity index (χ2n) is 10.5. The Morgan fingerprint density at radius 1 is 0.976 bits per heavy atom. The zero-order chi connectivity index (χ0) is 28.3. The van der Waals surface area contributed by atoms with Crippen LogP contribution in [0.1, 0.15) is 55.3 Å². The third-order valence-corrected chi connectivity index (χ3v) is 7.63. The van der Waals surface area contributed by atoms with Gasteiger partial charge in [0.15, 0.2) is 5.82 Å². The number of ether oxygens (including phenoxy) is 1. The Bertz CT molecular complexity index is 1790. The molecule has 0 unspecified atom stereocenters. The Kier molecular flexibility index (Phi) is 9.75. The zero-order valence-corrected chi connectivity index (χ0v) is 27.3. The third kappa shape index (κ3) is 6.45. The van der Waals surface area contributed by atoms with E-state index in [-0.39, 0.29) is 56.9 Å². The van der Waals surface area contributed by atoms with E-state index in [1.165, 1.54) is 6.42 Å². The van der Waals surface area contributed by atoms with Crippen molar-refractivity contribution in [2.24, 2.45) is 0 Å². The van der Waals surface area contributed by atoms with Gasteiger partial charge in [0, 0.05) is 68.9 Å². The smallest absolute Gasteiger partial charge is 0.439 e. The molecule has 42 heavy (non-hydrogen) atoms. The molecule has 0 saturated heterocycles. The van der Waals surface area contributed by atoms with Crippen molar-refractivity contribution in [2.45, 2.75) is 58.5 Å². The van der Waals surface area contributed by atoms with Crippen molar-refractivity contribution in [1.82, 2.24) is 19.7 Å². The van der Waals surface area contributed by atoms with Gasteiger partial charge in [-0.05, 0) is 73.6 Å². The zero-order valence-electron chi connectivity index (χ0n) is 24.2. The summed E-state index contributed by atoms with van der Waals surface area (Å²) in [7, 11) is 0. The molecule has 3 aromatic carbocycles. The molecule has 0 atom stereocenters. The van der Waals surface area contributed by atoms with Gasteiger partial charge in [0.1, 0.15) is 11.6 Å². The van der Waals surface area contributed by atoms with Gasteiger partial charge in [-0.1, -0.05) is 67.0 Å². The molecule has 6 rings (SSSR count). The van der Waals surface area contributed by atoms with E-state index in [2.05, 4.69) is 17.1 Å². The first-order chi connectivity index (χ1) is 20.0. The van der Waals surface area contributed by atoms with Crippen LogP contribution in [0.3, 0.4) is 0 Å². The first-order valence-corrected chi connectivity index (χ1v) is 14.1. The van der Waals surface area contributed by atoms with Gasteiger partial charge in [0.25, 0.3) is 5.56 Å². The number of H-pyrrole nitrogens is 1. The van der Waals surface area contributed by atoms with Gasteiger partial charge in [-0.3, -0.25) is 18.9 Å². The van der Waals surface area contributed by atoms with Gasteiger partial charge in [-0.2, -0.15) is 0 Å². The summed E-state index contributed by atoms with van der Waals surface area (Å²) in [6, 6.07) is 23.5. The Balaban J connectivity index is 0.00000353. The molecule has 0 amide bonds. The van der Waals surface area contributed by atoms with E-state index >= 15 is 0 Å². The van der Waals surface area contributed by atoms with E-state index < -0.39 is 5.76 Å². The van der Waals surface area contributed by atoms with Gasteiger partial charge in [-0.25, -0.2) is 9.78 Å². The molecule has 8 nitrogen and oxygen atoms in total. The molecule has 0 aliphatic heterocycles. The molecule has 5 aromatic rings. The number of aromatic nitrogens is 4. The summed E-state index contributed by atoms with van der Waals surface area (Å²) in [6.07, 6.45) is 5.83. The van der Waals surface area contributed by atoms with Crippen LogP contribution in [-0.2, 0) is 12.8 Å². The molecule has 1 N–H and O–H groups in total. The maximum absolute atomic E-state index is 13.9. The first kappa shape index (κ1) is 30.4. The molecule has 1 saturated carbocycles. The molecule has 2 aromatic heterocycles. The molecule has 1 radical (unpaired) electrons. The number of hydrogen-bond acceptors (Lipinski definition) is 6. The van der Waals surface area contributed by atoms with Crippen molar-refractivity contribution in [3.05, 3.63) is 116 Å². The number of benzene rings is 3. The molecule has 1 aliphatic rings. The molecule has 209 valence electrons. The van der Waals surface area contributed by atoms with Crippen molar-refractivity contribution >= 4 is 51.4 Å². The van der Waals surface area contributed by atoms with Gasteiger partial charge >= 0.3 is 5.76 Å².